The molecule has 0 bridgehead atoms. The highest BCUT2D eigenvalue weighted by molar-refractivity contribution is 5.85. The second-order valence-corrected chi connectivity index (χ2v) is 13.3. The van der Waals surface area contributed by atoms with E-state index in [-0.39, 0.29) is 6.42 Å². The van der Waals surface area contributed by atoms with Gasteiger partial charge in [-0.1, -0.05) is 181 Å². The lowest BCUT2D eigenvalue weighted by atomic mass is 9.72. The third-order valence-corrected chi connectivity index (χ3v) is 9.40. The lowest BCUT2D eigenvalue weighted by Crippen LogP contribution is -2.67. The lowest BCUT2D eigenvalue weighted by Gasteiger charge is -2.47. The van der Waals surface area contributed by atoms with E-state index in [1.54, 1.807) is 6.92 Å². The number of nitrogens with two attached hydrogens (primary N) is 1. The first-order valence-corrected chi connectivity index (χ1v) is 18.7. The fourth-order valence-corrected chi connectivity index (χ4v) is 6.58. The van der Waals surface area contributed by atoms with Crippen LogP contribution in [0.4, 0.5) is 0 Å². The normalized spacial score (nSPS) is 15.4. The van der Waals surface area contributed by atoms with Gasteiger partial charge in [0.15, 0.2) is 5.60 Å². The van der Waals surface area contributed by atoms with Gasteiger partial charge in [-0.2, -0.15) is 0 Å². The summed E-state index contributed by atoms with van der Waals surface area (Å²) in [6, 6.07) is 0. The second-order valence-electron chi connectivity index (χ2n) is 13.3. The van der Waals surface area contributed by atoms with Crippen molar-refractivity contribution in [3.8, 4) is 0 Å². The SMILES string of the molecule is CCCCCCCCCCCCCCCCOC(CCCCCCCCCCCCC)(C(C)O)C(O)(CCC)C(N)=O. The van der Waals surface area contributed by atoms with E-state index in [9.17, 15) is 15.0 Å². The van der Waals surface area contributed by atoms with Crippen LogP contribution in [-0.2, 0) is 9.53 Å². The van der Waals surface area contributed by atoms with Gasteiger partial charge in [-0.15, -0.1) is 0 Å². The van der Waals surface area contributed by atoms with Crippen LogP contribution in [0.15, 0.2) is 0 Å². The van der Waals surface area contributed by atoms with Gasteiger partial charge in [-0.25, -0.2) is 0 Å². The van der Waals surface area contributed by atoms with E-state index in [2.05, 4.69) is 13.8 Å². The van der Waals surface area contributed by atoms with Crippen LogP contribution in [0.25, 0.3) is 0 Å². The molecule has 0 aromatic heterocycles. The third-order valence-electron chi connectivity index (χ3n) is 9.40. The number of unbranched alkanes of at least 4 members (excludes halogenated alkanes) is 23. The molecule has 5 nitrogen and oxygen atoms in total. The van der Waals surface area contributed by atoms with Crippen molar-refractivity contribution < 1.29 is 19.7 Å². The molecule has 1 amide bonds. The van der Waals surface area contributed by atoms with Crippen molar-refractivity contribution in [1.82, 2.24) is 0 Å². The molecule has 0 aliphatic heterocycles. The first-order chi connectivity index (χ1) is 20.3. The number of ether oxygens (including phenoxy) is 1. The van der Waals surface area contributed by atoms with E-state index >= 15 is 0 Å². The number of amides is 1. The van der Waals surface area contributed by atoms with Crippen LogP contribution in [0.5, 0.6) is 0 Å². The molecule has 0 radical (unpaired) electrons. The molecular formula is C37H75NO4. The summed E-state index contributed by atoms with van der Waals surface area (Å²) in [4.78, 5) is 12.6. The fraction of sp³-hybridized carbons (Fsp3) is 0.973. The van der Waals surface area contributed by atoms with Crippen molar-refractivity contribution in [3.63, 3.8) is 0 Å². The molecule has 5 heteroatoms. The minimum atomic E-state index is -1.87. The molecule has 0 aliphatic carbocycles. The van der Waals surface area contributed by atoms with Crippen molar-refractivity contribution in [1.29, 1.82) is 0 Å². The van der Waals surface area contributed by atoms with E-state index in [0.29, 0.717) is 19.4 Å². The Bertz CT molecular complexity index is 598. The van der Waals surface area contributed by atoms with Crippen LogP contribution in [0, 0.1) is 0 Å². The summed E-state index contributed by atoms with van der Waals surface area (Å²) < 4.78 is 6.37. The van der Waals surface area contributed by atoms with Crippen molar-refractivity contribution in [2.24, 2.45) is 5.73 Å². The van der Waals surface area contributed by atoms with Crippen molar-refractivity contribution in [3.05, 3.63) is 0 Å². The van der Waals surface area contributed by atoms with E-state index in [1.165, 1.54) is 128 Å². The summed E-state index contributed by atoms with van der Waals surface area (Å²) >= 11 is 0. The van der Waals surface area contributed by atoms with Crippen LogP contribution in [-0.4, -0.2) is 40.0 Å². The number of carbonyl (C=O) groups is 1. The third kappa shape index (κ3) is 18.2. The molecule has 0 aliphatic rings. The molecule has 0 saturated carbocycles. The number of primary amides is 1. The van der Waals surface area contributed by atoms with Gasteiger partial charge in [-0.3, -0.25) is 4.79 Å². The smallest absolute Gasteiger partial charge is 0.252 e. The molecule has 3 atom stereocenters. The minimum Gasteiger partial charge on any atom is -0.390 e. The number of hydrogen-bond donors (Lipinski definition) is 3. The van der Waals surface area contributed by atoms with E-state index in [4.69, 9.17) is 10.5 Å². The van der Waals surface area contributed by atoms with Gasteiger partial charge in [0.1, 0.15) is 5.60 Å². The number of hydrogen-bond acceptors (Lipinski definition) is 4. The van der Waals surface area contributed by atoms with Crippen LogP contribution >= 0.6 is 0 Å². The molecule has 3 unspecified atom stereocenters. The zero-order chi connectivity index (χ0) is 31.4. The molecule has 0 aromatic carbocycles. The zero-order valence-corrected chi connectivity index (χ0v) is 28.9. The monoisotopic (exact) mass is 598 g/mol. The zero-order valence-electron chi connectivity index (χ0n) is 28.9. The van der Waals surface area contributed by atoms with E-state index in [1.807, 2.05) is 6.92 Å². The number of aliphatic hydroxyl groups excluding tert-OH is 1. The summed E-state index contributed by atoms with van der Waals surface area (Å²) in [5.74, 6) is -0.783. The maximum absolute atomic E-state index is 12.6. The van der Waals surface area contributed by atoms with Crippen LogP contribution < -0.4 is 5.73 Å². The molecule has 252 valence electrons. The summed E-state index contributed by atoms with van der Waals surface area (Å²) in [5.41, 5.74) is 2.56. The van der Waals surface area contributed by atoms with Crippen molar-refractivity contribution in [2.45, 2.75) is 225 Å². The molecule has 0 aromatic rings. The van der Waals surface area contributed by atoms with Crippen LogP contribution in [0.2, 0.25) is 0 Å². The molecule has 0 saturated heterocycles. The Morgan fingerprint density at radius 3 is 1.21 bits per heavy atom. The molecule has 0 spiro atoms. The maximum atomic E-state index is 12.6. The number of rotatable bonds is 33. The van der Waals surface area contributed by atoms with E-state index < -0.39 is 23.2 Å². The van der Waals surface area contributed by atoms with Crippen LogP contribution in [0.1, 0.15) is 207 Å². The predicted octanol–water partition coefficient (Wildman–Crippen LogP) is 10.3. The average Bonchev–Trinajstić information content (AvgIpc) is 2.96. The Morgan fingerprint density at radius 2 is 0.905 bits per heavy atom. The van der Waals surface area contributed by atoms with Crippen molar-refractivity contribution in [2.75, 3.05) is 6.61 Å². The topological polar surface area (TPSA) is 92.8 Å². The van der Waals surface area contributed by atoms with Gasteiger partial charge in [0, 0.05) is 6.61 Å². The molecule has 0 rings (SSSR count). The summed E-state index contributed by atoms with van der Waals surface area (Å²) in [5, 5.41) is 22.5. The molecule has 4 N–H and O–H groups in total. The Kier molecular flexibility index (Phi) is 27.4. The second kappa shape index (κ2) is 27.9. The largest absolute Gasteiger partial charge is 0.390 e. The Balaban J connectivity index is 4.51. The number of aliphatic hydroxyl groups is 2. The maximum Gasteiger partial charge on any atom is 0.252 e. The summed E-state index contributed by atoms with van der Waals surface area (Å²) in [6.45, 7) is 8.53. The van der Waals surface area contributed by atoms with Gasteiger partial charge < -0.3 is 20.7 Å². The van der Waals surface area contributed by atoms with Gasteiger partial charge >= 0.3 is 0 Å². The fourth-order valence-electron chi connectivity index (χ4n) is 6.58. The highest BCUT2D eigenvalue weighted by Gasteiger charge is 2.57. The Hall–Kier alpha value is -0.650. The van der Waals surface area contributed by atoms with Gasteiger partial charge in [0.25, 0.3) is 5.91 Å². The average molecular weight is 598 g/mol. The van der Waals surface area contributed by atoms with Gasteiger partial charge in [0.05, 0.1) is 6.10 Å². The molecular weight excluding hydrogens is 522 g/mol. The quantitative estimate of drug-likeness (QED) is 0.0656. The standard InChI is InChI=1S/C37H75NO4/c1-5-8-10-12-14-16-18-19-20-22-24-26-28-30-33-42-37(34(4)39,36(41,31-7-3)35(38)40)32-29-27-25-23-21-17-15-13-11-9-6-2/h34,39,41H,5-33H2,1-4H3,(H2,38,40). The highest BCUT2D eigenvalue weighted by Crippen LogP contribution is 2.39. The van der Waals surface area contributed by atoms with E-state index in [0.717, 1.165) is 32.1 Å². The van der Waals surface area contributed by atoms with Gasteiger partial charge in [-0.05, 0) is 26.2 Å². The molecule has 0 heterocycles. The van der Waals surface area contributed by atoms with Crippen molar-refractivity contribution >= 4 is 5.91 Å². The van der Waals surface area contributed by atoms with Crippen LogP contribution in [0.3, 0.4) is 0 Å². The minimum absolute atomic E-state index is 0.198. The molecule has 42 heavy (non-hydrogen) atoms. The highest BCUT2D eigenvalue weighted by atomic mass is 16.5. The first kappa shape index (κ1) is 41.4. The predicted molar refractivity (Wildman–Crippen MR) is 181 cm³/mol. The Labute approximate surface area is 262 Å². The lowest BCUT2D eigenvalue weighted by molar-refractivity contribution is -0.228. The summed E-state index contributed by atoms with van der Waals surface area (Å²) in [7, 11) is 0. The summed E-state index contributed by atoms with van der Waals surface area (Å²) in [6.07, 6.45) is 31.7. The first-order valence-electron chi connectivity index (χ1n) is 18.7. The molecule has 0 fully saturated rings. The van der Waals surface area contributed by atoms with Gasteiger partial charge in [0.2, 0.25) is 0 Å². The number of carbonyl (C=O) groups excluding carboxylic acids is 1. The Morgan fingerprint density at radius 1 is 0.571 bits per heavy atom.